The molecule has 0 spiro atoms. The number of carbonyl (C=O) groups is 3. The summed E-state index contributed by atoms with van der Waals surface area (Å²) in [5.41, 5.74) is 2.73. The molecule has 2 bridgehead atoms. The van der Waals surface area contributed by atoms with Crippen molar-refractivity contribution in [3.63, 3.8) is 0 Å². The van der Waals surface area contributed by atoms with Gasteiger partial charge in [-0.1, -0.05) is 97.9 Å². The zero-order valence-corrected chi connectivity index (χ0v) is 20.9. The molecular weight excluding hydrogens is 464 g/mol. The first-order valence-corrected chi connectivity index (χ1v) is 12.9. The van der Waals surface area contributed by atoms with Gasteiger partial charge in [0.1, 0.15) is 6.04 Å². The molecule has 2 amide bonds. The minimum atomic E-state index is -1.07. The Bertz CT molecular complexity index is 1210. The standard InChI is InChI=1S/C31H32N2O4/c1-21(19-22-11-5-2-6-12-22)29(34)33-25-17-18-26(33)28(31(36)37)32(20-25)30(35)27(23-13-7-3-8-14-23)24-15-9-4-10-16-24/h2-16,21,25-28H,17-20H2,1H3,(H,36,37)/t21?,25?,26-,28+/m1/s1. The number of rotatable bonds is 7. The molecule has 1 N–H and O–H groups in total. The number of carbonyl (C=O) groups excluding carboxylic acids is 2. The highest BCUT2D eigenvalue weighted by Crippen LogP contribution is 2.38. The molecular formula is C31H32N2O4. The van der Waals surface area contributed by atoms with Gasteiger partial charge in [0.15, 0.2) is 0 Å². The first kappa shape index (κ1) is 24.8. The summed E-state index contributed by atoms with van der Waals surface area (Å²) in [5, 5.41) is 10.3. The van der Waals surface area contributed by atoms with E-state index in [9.17, 15) is 19.5 Å². The molecule has 0 aromatic heterocycles. The fourth-order valence-corrected chi connectivity index (χ4v) is 6.06. The Morgan fingerprint density at radius 2 is 1.35 bits per heavy atom. The van der Waals surface area contributed by atoms with Crippen molar-refractivity contribution in [3.8, 4) is 0 Å². The summed E-state index contributed by atoms with van der Waals surface area (Å²) >= 11 is 0. The van der Waals surface area contributed by atoms with Gasteiger partial charge in [0, 0.05) is 18.5 Å². The van der Waals surface area contributed by atoms with Crippen LogP contribution in [-0.4, -0.2) is 57.4 Å². The highest BCUT2D eigenvalue weighted by atomic mass is 16.4. The SMILES string of the molecule is CC(Cc1ccccc1)C(=O)N1C2CC[C@@H]1[C@@H](C(=O)O)N(C(=O)C(c1ccccc1)c1ccccc1)C2. The smallest absolute Gasteiger partial charge is 0.328 e. The van der Waals surface area contributed by atoms with Crippen molar-refractivity contribution in [2.45, 2.75) is 50.2 Å². The maximum absolute atomic E-state index is 14.1. The van der Waals surface area contributed by atoms with Gasteiger partial charge in [-0.2, -0.15) is 0 Å². The molecule has 37 heavy (non-hydrogen) atoms. The van der Waals surface area contributed by atoms with Gasteiger partial charge in [0.2, 0.25) is 11.8 Å². The molecule has 2 saturated heterocycles. The predicted octanol–water partition coefficient (Wildman–Crippen LogP) is 4.35. The lowest BCUT2D eigenvalue weighted by atomic mass is 9.88. The minimum Gasteiger partial charge on any atom is -0.480 e. The van der Waals surface area contributed by atoms with E-state index in [-0.39, 0.29) is 30.3 Å². The van der Waals surface area contributed by atoms with Gasteiger partial charge in [0.25, 0.3) is 0 Å². The van der Waals surface area contributed by atoms with Crippen LogP contribution in [0.15, 0.2) is 91.0 Å². The molecule has 0 radical (unpaired) electrons. The molecule has 2 heterocycles. The minimum absolute atomic E-state index is 0.0302. The van der Waals surface area contributed by atoms with E-state index in [1.165, 1.54) is 4.90 Å². The lowest BCUT2D eigenvalue weighted by Crippen LogP contribution is -2.66. The van der Waals surface area contributed by atoms with Crippen LogP contribution in [0.5, 0.6) is 0 Å². The Balaban J connectivity index is 1.43. The van der Waals surface area contributed by atoms with Crippen LogP contribution in [0.1, 0.15) is 42.4 Å². The molecule has 4 atom stereocenters. The Hall–Kier alpha value is -3.93. The largest absolute Gasteiger partial charge is 0.480 e. The Kier molecular flexibility index (Phi) is 7.08. The second-order valence-electron chi connectivity index (χ2n) is 10.2. The molecule has 2 aliphatic heterocycles. The van der Waals surface area contributed by atoms with Crippen molar-refractivity contribution in [3.05, 3.63) is 108 Å². The van der Waals surface area contributed by atoms with Gasteiger partial charge in [-0.15, -0.1) is 0 Å². The Labute approximate surface area is 217 Å². The van der Waals surface area contributed by atoms with Gasteiger partial charge in [0.05, 0.1) is 12.0 Å². The molecule has 2 unspecified atom stereocenters. The van der Waals surface area contributed by atoms with Crippen molar-refractivity contribution in [2.24, 2.45) is 5.92 Å². The number of benzene rings is 3. The van der Waals surface area contributed by atoms with Crippen LogP contribution in [0.2, 0.25) is 0 Å². The van der Waals surface area contributed by atoms with Crippen molar-refractivity contribution in [2.75, 3.05) is 6.54 Å². The van der Waals surface area contributed by atoms with E-state index >= 15 is 0 Å². The van der Waals surface area contributed by atoms with Crippen LogP contribution < -0.4 is 0 Å². The number of carboxylic acids is 1. The van der Waals surface area contributed by atoms with Gasteiger partial charge in [-0.05, 0) is 36.0 Å². The molecule has 190 valence electrons. The number of amides is 2. The average Bonchev–Trinajstić information content (AvgIpc) is 3.22. The zero-order valence-electron chi connectivity index (χ0n) is 20.9. The second kappa shape index (κ2) is 10.6. The normalized spacial score (nSPS) is 21.6. The molecule has 6 heteroatoms. The van der Waals surface area contributed by atoms with Crippen LogP contribution >= 0.6 is 0 Å². The van der Waals surface area contributed by atoms with E-state index in [1.54, 1.807) is 4.90 Å². The zero-order chi connectivity index (χ0) is 25.9. The fraction of sp³-hybridized carbons (Fsp3) is 0.323. The monoisotopic (exact) mass is 496 g/mol. The first-order chi connectivity index (χ1) is 18.0. The van der Waals surface area contributed by atoms with Crippen molar-refractivity contribution < 1.29 is 19.5 Å². The van der Waals surface area contributed by atoms with Crippen LogP contribution in [-0.2, 0) is 20.8 Å². The van der Waals surface area contributed by atoms with E-state index in [4.69, 9.17) is 0 Å². The molecule has 0 saturated carbocycles. The van der Waals surface area contributed by atoms with Crippen molar-refractivity contribution in [1.29, 1.82) is 0 Å². The van der Waals surface area contributed by atoms with E-state index in [0.29, 0.717) is 19.3 Å². The van der Waals surface area contributed by atoms with E-state index in [1.807, 2.05) is 97.9 Å². The van der Waals surface area contributed by atoms with E-state index in [0.717, 1.165) is 16.7 Å². The summed E-state index contributed by atoms with van der Waals surface area (Å²) in [6.07, 6.45) is 1.87. The lowest BCUT2D eigenvalue weighted by Gasteiger charge is -2.46. The number of hydrogen-bond donors (Lipinski definition) is 1. The van der Waals surface area contributed by atoms with Gasteiger partial charge in [-0.25, -0.2) is 4.79 Å². The quantitative estimate of drug-likeness (QED) is 0.528. The second-order valence-corrected chi connectivity index (χ2v) is 10.2. The van der Waals surface area contributed by atoms with Gasteiger partial charge < -0.3 is 14.9 Å². The molecule has 0 aliphatic carbocycles. The lowest BCUT2D eigenvalue weighted by molar-refractivity contribution is -0.162. The number of piperazine rings is 1. The fourth-order valence-electron chi connectivity index (χ4n) is 6.06. The van der Waals surface area contributed by atoms with Crippen molar-refractivity contribution >= 4 is 17.8 Å². The number of aliphatic carboxylic acids is 1. The summed E-state index contributed by atoms with van der Waals surface area (Å²) in [4.78, 5) is 43.7. The average molecular weight is 497 g/mol. The first-order valence-electron chi connectivity index (χ1n) is 12.9. The Morgan fingerprint density at radius 3 is 1.89 bits per heavy atom. The van der Waals surface area contributed by atoms with Crippen molar-refractivity contribution in [1.82, 2.24) is 9.80 Å². The molecule has 3 aromatic carbocycles. The molecule has 2 aliphatic rings. The molecule has 5 rings (SSSR count). The van der Waals surface area contributed by atoms with Gasteiger partial charge in [-0.3, -0.25) is 9.59 Å². The van der Waals surface area contributed by atoms with Crippen LogP contribution in [0.4, 0.5) is 0 Å². The Morgan fingerprint density at radius 1 is 0.811 bits per heavy atom. The third kappa shape index (κ3) is 4.88. The van der Waals surface area contributed by atoms with E-state index < -0.39 is 24.0 Å². The highest BCUT2D eigenvalue weighted by Gasteiger charge is 2.53. The summed E-state index contributed by atoms with van der Waals surface area (Å²) in [5.74, 6) is -2.21. The molecule has 3 aromatic rings. The predicted molar refractivity (Wildman–Crippen MR) is 141 cm³/mol. The molecule has 2 fully saturated rings. The molecule has 6 nitrogen and oxygen atoms in total. The summed E-state index contributed by atoms with van der Waals surface area (Å²) < 4.78 is 0. The van der Waals surface area contributed by atoms with Crippen LogP contribution in [0.3, 0.4) is 0 Å². The van der Waals surface area contributed by atoms with Crippen LogP contribution in [0, 0.1) is 5.92 Å². The number of nitrogens with zero attached hydrogens (tertiary/aromatic N) is 2. The maximum Gasteiger partial charge on any atom is 0.328 e. The summed E-state index contributed by atoms with van der Waals surface area (Å²) in [6.45, 7) is 2.13. The highest BCUT2D eigenvalue weighted by molar-refractivity contribution is 5.92. The van der Waals surface area contributed by atoms with E-state index in [2.05, 4.69) is 0 Å². The topological polar surface area (TPSA) is 77.9 Å². The van der Waals surface area contributed by atoms with Gasteiger partial charge >= 0.3 is 5.97 Å². The third-order valence-corrected chi connectivity index (χ3v) is 7.76. The third-order valence-electron chi connectivity index (χ3n) is 7.76. The number of likely N-dealkylation sites (tertiary alicyclic amines) is 1. The summed E-state index contributed by atoms with van der Waals surface area (Å²) in [6, 6.07) is 27.1. The number of fused-ring (bicyclic) bond motifs is 2. The van der Waals surface area contributed by atoms with Crippen LogP contribution in [0.25, 0.3) is 0 Å². The maximum atomic E-state index is 14.1. The number of carboxylic acid groups (broad SMARTS) is 1. The number of hydrogen-bond acceptors (Lipinski definition) is 3. The summed E-state index contributed by atoms with van der Waals surface area (Å²) in [7, 11) is 0.